The van der Waals surface area contributed by atoms with Gasteiger partial charge in [-0.3, -0.25) is 15.0 Å². The Morgan fingerprint density at radius 3 is 2.20 bits per heavy atom. The van der Waals surface area contributed by atoms with Crippen LogP contribution in [0.3, 0.4) is 0 Å². The van der Waals surface area contributed by atoms with Crippen LogP contribution in [-0.2, 0) is 13.0 Å². The quantitative estimate of drug-likeness (QED) is 0.558. The lowest BCUT2D eigenvalue weighted by molar-refractivity contribution is -0.384. The van der Waals surface area contributed by atoms with E-state index in [1.165, 1.54) is 5.56 Å². The fourth-order valence-electron chi connectivity index (χ4n) is 2.99. The van der Waals surface area contributed by atoms with E-state index >= 15 is 0 Å². The molecular formula is C20H26N2O3. The van der Waals surface area contributed by atoms with Crippen LogP contribution >= 0.6 is 0 Å². The summed E-state index contributed by atoms with van der Waals surface area (Å²) in [4.78, 5) is 12.7. The van der Waals surface area contributed by atoms with Crippen LogP contribution in [-0.4, -0.2) is 34.1 Å². The van der Waals surface area contributed by atoms with E-state index in [1.807, 2.05) is 30.3 Å². The molecule has 0 aliphatic carbocycles. The summed E-state index contributed by atoms with van der Waals surface area (Å²) in [7, 11) is 0. The van der Waals surface area contributed by atoms with Crippen LogP contribution in [0, 0.1) is 16.0 Å². The lowest BCUT2D eigenvalue weighted by Crippen LogP contribution is -2.42. The Labute approximate surface area is 149 Å². The van der Waals surface area contributed by atoms with Crippen LogP contribution in [0.25, 0.3) is 0 Å². The minimum Gasteiger partial charge on any atom is -0.395 e. The van der Waals surface area contributed by atoms with Crippen molar-refractivity contribution in [2.24, 2.45) is 5.92 Å². The van der Waals surface area contributed by atoms with E-state index in [9.17, 15) is 15.2 Å². The first-order valence-electron chi connectivity index (χ1n) is 8.63. The van der Waals surface area contributed by atoms with Gasteiger partial charge in [0.25, 0.3) is 5.69 Å². The van der Waals surface area contributed by atoms with Gasteiger partial charge in [0.15, 0.2) is 0 Å². The Balaban J connectivity index is 2.08. The van der Waals surface area contributed by atoms with Gasteiger partial charge in [0, 0.05) is 31.3 Å². The molecule has 1 N–H and O–H groups in total. The van der Waals surface area contributed by atoms with Gasteiger partial charge in [0.1, 0.15) is 0 Å². The molecule has 2 aromatic rings. The summed E-state index contributed by atoms with van der Waals surface area (Å²) >= 11 is 0. The third kappa shape index (κ3) is 5.66. The standard InChI is InChI=1S/C20H26N2O3/c1-16(2)20(15-23)21(14-18-6-4-3-5-7-18)13-12-17-8-10-19(11-9-17)22(24)25/h3-11,16,20,23H,12-15H2,1-2H3. The summed E-state index contributed by atoms with van der Waals surface area (Å²) in [6, 6.07) is 17.0. The molecule has 25 heavy (non-hydrogen) atoms. The fourth-order valence-corrected chi connectivity index (χ4v) is 2.99. The fraction of sp³-hybridized carbons (Fsp3) is 0.400. The van der Waals surface area contributed by atoms with E-state index in [1.54, 1.807) is 12.1 Å². The molecule has 0 aromatic heterocycles. The Morgan fingerprint density at radius 2 is 1.68 bits per heavy atom. The number of non-ortho nitro benzene ring substituents is 1. The molecule has 0 amide bonds. The predicted molar refractivity (Wildman–Crippen MR) is 99.4 cm³/mol. The predicted octanol–water partition coefficient (Wildman–Crippen LogP) is 3.66. The van der Waals surface area contributed by atoms with Crippen molar-refractivity contribution in [3.63, 3.8) is 0 Å². The van der Waals surface area contributed by atoms with Crippen molar-refractivity contribution in [1.29, 1.82) is 0 Å². The maximum absolute atomic E-state index is 10.8. The summed E-state index contributed by atoms with van der Waals surface area (Å²) in [5.41, 5.74) is 2.38. The minimum absolute atomic E-state index is 0.0817. The van der Waals surface area contributed by atoms with Gasteiger partial charge in [-0.1, -0.05) is 56.3 Å². The smallest absolute Gasteiger partial charge is 0.269 e. The van der Waals surface area contributed by atoms with Crippen molar-refractivity contribution in [3.05, 3.63) is 75.8 Å². The summed E-state index contributed by atoms with van der Waals surface area (Å²) in [5, 5.41) is 20.6. The minimum atomic E-state index is -0.383. The summed E-state index contributed by atoms with van der Waals surface area (Å²) in [6.07, 6.45) is 0.786. The number of aliphatic hydroxyl groups is 1. The molecule has 0 fully saturated rings. The van der Waals surface area contributed by atoms with Gasteiger partial charge in [-0.05, 0) is 23.5 Å². The highest BCUT2D eigenvalue weighted by Crippen LogP contribution is 2.17. The molecule has 0 saturated carbocycles. The topological polar surface area (TPSA) is 66.6 Å². The Morgan fingerprint density at radius 1 is 1.04 bits per heavy atom. The molecule has 134 valence electrons. The van der Waals surface area contributed by atoms with E-state index in [-0.39, 0.29) is 23.3 Å². The van der Waals surface area contributed by atoms with Gasteiger partial charge in [-0.25, -0.2) is 0 Å². The monoisotopic (exact) mass is 342 g/mol. The first kappa shape index (κ1) is 19.1. The van der Waals surface area contributed by atoms with Gasteiger partial charge < -0.3 is 5.11 Å². The molecule has 0 heterocycles. The molecule has 0 radical (unpaired) electrons. The number of aliphatic hydroxyl groups excluding tert-OH is 1. The molecular weight excluding hydrogens is 316 g/mol. The molecule has 0 saturated heterocycles. The largest absolute Gasteiger partial charge is 0.395 e. The van der Waals surface area contributed by atoms with Crippen LogP contribution in [0.5, 0.6) is 0 Å². The number of hydrogen-bond donors (Lipinski definition) is 1. The molecule has 5 nitrogen and oxygen atoms in total. The van der Waals surface area contributed by atoms with Crippen LogP contribution < -0.4 is 0 Å². The molecule has 0 bridgehead atoms. The first-order chi connectivity index (χ1) is 12.0. The first-order valence-corrected chi connectivity index (χ1v) is 8.63. The van der Waals surface area contributed by atoms with Gasteiger partial charge in [-0.15, -0.1) is 0 Å². The average molecular weight is 342 g/mol. The van der Waals surface area contributed by atoms with E-state index < -0.39 is 0 Å². The molecule has 2 rings (SSSR count). The Hall–Kier alpha value is -2.24. The molecule has 1 atom stereocenters. The van der Waals surface area contributed by atoms with Gasteiger partial charge >= 0.3 is 0 Å². The van der Waals surface area contributed by atoms with Crippen LogP contribution in [0.1, 0.15) is 25.0 Å². The van der Waals surface area contributed by atoms with Crippen molar-refractivity contribution in [2.75, 3.05) is 13.2 Å². The molecule has 0 spiro atoms. The van der Waals surface area contributed by atoms with Crippen molar-refractivity contribution in [2.45, 2.75) is 32.9 Å². The third-order valence-electron chi connectivity index (χ3n) is 4.49. The SMILES string of the molecule is CC(C)C(CO)N(CCc1ccc([N+](=O)[O-])cc1)Cc1ccccc1. The summed E-state index contributed by atoms with van der Waals surface area (Å²) in [6.45, 7) is 5.91. The van der Waals surface area contributed by atoms with Gasteiger partial charge in [0.05, 0.1) is 11.5 Å². The zero-order chi connectivity index (χ0) is 18.2. The van der Waals surface area contributed by atoms with E-state index in [0.29, 0.717) is 5.92 Å². The summed E-state index contributed by atoms with van der Waals surface area (Å²) in [5.74, 6) is 0.338. The summed E-state index contributed by atoms with van der Waals surface area (Å²) < 4.78 is 0. The highest BCUT2D eigenvalue weighted by molar-refractivity contribution is 5.33. The second kappa shape index (κ2) is 9.30. The van der Waals surface area contributed by atoms with E-state index in [2.05, 4.69) is 30.9 Å². The normalized spacial score (nSPS) is 12.5. The zero-order valence-corrected chi connectivity index (χ0v) is 14.8. The molecule has 5 heteroatoms. The van der Waals surface area contributed by atoms with Crippen molar-refractivity contribution in [1.82, 2.24) is 4.90 Å². The molecule has 0 aliphatic heterocycles. The number of nitro benzene ring substituents is 1. The second-order valence-electron chi connectivity index (χ2n) is 6.62. The van der Waals surface area contributed by atoms with E-state index in [4.69, 9.17) is 0 Å². The number of nitro groups is 1. The second-order valence-corrected chi connectivity index (χ2v) is 6.62. The number of rotatable bonds is 9. The van der Waals surface area contributed by atoms with Crippen LogP contribution in [0.4, 0.5) is 5.69 Å². The molecule has 0 aliphatic rings. The Bertz CT molecular complexity index is 656. The van der Waals surface area contributed by atoms with E-state index in [0.717, 1.165) is 25.1 Å². The van der Waals surface area contributed by atoms with Gasteiger partial charge in [-0.2, -0.15) is 0 Å². The number of benzene rings is 2. The van der Waals surface area contributed by atoms with Gasteiger partial charge in [0.2, 0.25) is 0 Å². The lowest BCUT2D eigenvalue weighted by Gasteiger charge is -2.33. The highest BCUT2D eigenvalue weighted by Gasteiger charge is 2.21. The Kier molecular flexibility index (Phi) is 7.10. The zero-order valence-electron chi connectivity index (χ0n) is 14.8. The number of nitrogens with zero attached hydrogens (tertiary/aromatic N) is 2. The van der Waals surface area contributed by atoms with Crippen molar-refractivity contribution in [3.8, 4) is 0 Å². The van der Waals surface area contributed by atoms with Crippen molar-refractivity contribution >= 4 is 5.69 Å². The van der Waals surface area contributed by atoms with Crippen LogP contribution in [0.15, 0.2) is 54.6 Å². The molecule has 2 aromatic carbocycles. The van der Waals surface area contributed by atoms with Crippen molar-refractivity contribution < 1.29 is 10.0 Å². The third-order valence-corrected chi connectivity index (χ3v) is 4.49. The molecule has 1 unspecified atom stereocenters. The average Bonchev–Trinajstić information content (AvgIpc) is 2.61. The lowest BCUT2D eigenvalue weighted by atomic mass is 10.0. The van der Waals surface area contributed by atoms with Crippen LogP contribution in [0.2, 0.25) is 0 Å². The highest BCUT2D eigenvalue weighted by atomic mass is 16.6. The maximum atomic E-state index is 10.8. The maximum Gasteiger partial charge on any atom is 0.269 e. The number of hydrogen-bond acceptors (Lipinski definition) is 4.